The molecule has 0 nitrogen and oxygen atoms in total. The molecular formula is C9H22Si. The van der Waals surface area contributed by atoms with Crippen molar-refractivity contribution in [2.24, 2.45) is 11.8 Å². The molecule has 1 heteroatoms. The van der Waals surface area contributed by atoms with Gasteiger partial charge in [0.25, 0.3) is 0 Å². The van der Waals surface area contributed by atoms with Gasteiger partial charge in [0.2, 0.25) is 0 Å². The van der Waals surface area contributed by atoms with Gasteiger partial charge in [0.05, 0.1) is 0 Å². The van der Waals surface area contributed by atoms with Gasteiger partial charge in [0.15, 0.2) is 0 Å². The highest BCUT2D eigenvalue weighted by Crippen LogP contribution is 2.13. The van der Waals surface area contributed by atoms with Gasteiger partial charge >= 0.3 is 0 Å². The molecular weight excluding hydrogens is 136 g/mol. The van der Waals surface area contributed by atoms with Crippen molar-refractivity contribution in [3.63, 3.8) is 0 Å². The molecule has 0 aliphatic carbocycles. The van der Waals surface area contributed by atoms with E-state index in [2.05, 4.69) is 34.2 Å². The zero-order valence-corrected chi connectivity index (χ0v) is 9.07. The first kappa shape index (κ1) is 8.31. The molecule has 62 valence electrons. The van der Waals surface area contributed by atoms with E-state index in [-0.39, 0.29) is 0 Å². The normalized spacial score (nSPS) is 14.5. The Balaban J connectivity index is 3.79. The van der Waals surface area contributed by atoms with E-state index < -0.39 is 8.73 Å². The highest BCUT2D eigenvalue weighted by atomic mass is 28.3. The smallest absolute Gasteiger partial charge is 0.0341 e. The van der Waals surface area contributed by atoms with Gasteiger partial charge in [0, 0.05) is 9.96 Å². The fourth-order valence-corrected chi connectivity index (χ4v) is 4.43. The first-order valence-electron chi connectivity index (χ1n) is 4.83. The van der Waals surface area contributed by atoms with Crippen molar-refractivity contribution in [2.45, 2.75) is 46.3 Å². The van der Waals surface area contributed by atoms with Crippen molar-refractivity contribution in [1.82, 2.24) is 0 Å². The van der Waals surface area contributed by atoms with Gasteiger partial charge in [-0.2, -0.15) is 0 Å². The summed E-state index contributed by atoms with van der Waals surface area (Å²) in [6.07, 6.45) is 0. The SMILES string of the molecule is [2H][Si](C)(CC(C)C)CC(C)C. The quantitative estimate of drug-likeness (QED) is 0.553. The Bertz CT molecular complexity index is 96.1. The maximum atomic E-state index is 8.13. The van der Waals surface area contributed by atoms with E-state index in [0.29, 0.717) is 11.8 Å². The molecule has 0 aliphatic heterocycles. The fraction of sp³-hybridized carbons (Fsp3) is 1.00. The third kappa shape index (κ3) is 6.34. The van der Waals surface area contributed by atoms with Gasteiger partial charge in [-0.3, -0.25) is 0 Å². The molecule has 0 aliphatic rings. The van der Waals surface area contributed by atoms with Crippen molar-refractivity contribution >= 4 is 8.73 Å². The van der Waals surface area contributed by atoms with Crippen LogP contribution in [0.5, 0.6) is 0 Å². The first-order chi connectivity index (χ1) is 4.83. The predicted molar refractivity (Wildman–Crippen MR) is 52.3 cm³/mol. The van der Waals surface area contributed by atoms with Crippen LogP contribution in [0.2, 0.25) is 18.6 Å². The maximum Gasteiger partial charge on any atom is 0.0341 e. The lowest BCUT2D eigenvalue weighted by molar-refractivity contribution is 0.692. The molecule has 0 aromatic carbocycles. The van der Waals surface area contributed by atoms with Crippen molar-refractivity contribution in [1.29, 1.82) is 1.23 Å². The standard InChI is InChI=1S/C9H22Si/c1-8(2)6-10(5)7-9(3)4/h8-10H,6-7H2,1-5H3/i10D. The largest absolute Gasteiger partial charge is 0.0720 e. The minimum Gasteiger partial charge on any atom is -0.0720 e. The topological polar surface area (TPSA) is 0 Å². The second kappa shape index (κ2) is 4.95. The van der Waals surface area contributed by atoms with Gasteiger partial charge in [0.1, 0.15) is 0 Å². The summed E-state index contributed by atoms with van der Waals surface area (Å²) >= 11 is 0. The van der Waals surface area contributed by atoms with Crippen LogP contribution in [-0.2, 0) is 0 Å². The monoisotopic (exact) mass is 159 g/mol. The fourth-order valence-electron chi connectivity index (χ4n) is 1.48. The van der Waals surface area contributed by atoms with Crippen LogP contribution in [0, 0.1) is 11.8 Å². The van der Waals surface area contributed by atoms with E-state index in [1.807, 2.05) is 0 Å². The molecule has 0 aromatic rings. The Kier molecular flexibility index (Phi) is 4.11. The summed E-state index contributed by atoms with van der Waals surface area (Å²) in [6, 6.07) is 2.32. The van der Waals surface area contributed by atoms with Crippen LogP contribution in [0.25, 0.3) is 0 Å². The molecule has 0 amide bonds. The third-order valence-electron chi connectivity index (χ3n) is 1.51. The average Bonchev–Trinajstić information content (AvgIpc) is 1.53. The molecule has 0 aromatic heterocycles. The zero-order valence-electron chi connectivity index (χ0n) is 9.07. The Morgan fingerprint density at radius 3 is 1.60 bits per heavy atom. The lowest BCUT2D eigenvalue weighted by Gasteiger charge is -2.13. The highest BCUT2D eigenvalue weighted by molar-refractivity contribution is 6.57. The molecule has 0 atom stereocenters. The Morgan fingerprint density at radius 2 is 1.40 bits per heavy atom. The Morgan fingerprint density at radius 1 is 1.10 bits per heavy atom. The lowest BCUT2D eigenvalue weighted by Crippen LogP contribution is -2.12. The van der Waals surface area contributed by atoms with E-state index in [4.69, 9.17) is 1.23 Å². The van der Waals surface area contributed by atoms with Crippen LogP contribution in [0.3, 0.4) is 0 Å². The van der Waals surface area contributed by atoms with Gasteiger partial charge in [-0.05, 0) is 11.8 Å². The molecule has 0 fully saturated rings. The van der Waals surface area contributed by atoms with Gasteiger partial charge < -0.3 is 0 Å². The lowest BCUT2D eigenvalue weighted by atomic mass is 10.3. The van der Waals surface area contributed by atoms with Gasteiger partial charge in [-0.1, -0.05) is 46.3 Å². The van der Waals surface area contributed by atoms with E-state index in [0.717, 1.165) is 12.1 Å². The second-order valence-electron chi connectivity index (χ2n) is 4.15. The minimum absolute atomic E-state index is 0.711. The Hall–Kier alpha value is 0.217. The van der Waals surface area contributed by atoms with E-state index in [1.165, 1.54) is 0 Å². The van der Waals surface area contributed by atoms with Crippen LogP contribution in [0.4, 0.5) is 0 Å². The molecule has 0 radical (unpaired) electrons. The maximum absolute atomic E-state index is 8.13. The summed E-state index contributed by atoms with van der Waals surface area (Å²) in [7, 11) is -1.58. The van der Waals surface area contributed by atoms with Crippen LogP contribution >= 0.6 is 0 Å². The molecule has 0 bridgehead atoms. The number of hydrogen-bond donors (Lipinski definition) is 0. The third-order valence-corrected chi connectivity index (χ3v) is 4.54. The molecule has 0 N–H and O–H groups in total. The molecule has 0 rings (SSSR count). The molecule has 0 unspecified atom stereocenters. The summed E-state index contributed by atoms with van der Waals surface area (Å²) in [4.78, 5) is 0. The molecule has 0 saturated heterocycles. The summed E-state index contributed by atoms with van der Waals surface area (Å²) in [6.45, 7) is 11.1. The van der Waals surface area contributed by atoms with Crippen molar-refractivity contribution in [2.75, 3.05) is 0 Å². The number of hydrogen-bond acceptors (Lipinski definition) is 0. The summed E-state index contributed by atoms with van der Waals surface area (Å²) in [5.41, 5.74) is 0. The minimum atomic E-state index is -1.58. The average molecular weight is 159 g/mol. The van der Waals surface area contributed by atoms with E-state index in [9.17, 15) is 0 Å². The second-order valence-corrected chi connectivity index (χ2v) is 6.88. The van der Waals surface area contributed by atoms with Crippen LogP contribution in [-0.4, -0.2) is 9.96 Å². The summed E-state index contributed by atoms with van der Waals surface area (Å²) in [5.74, 6) is 1.42. The highest BCUT2D eigenvalue weighted by Gasteiger charge is 2.07. The van der Waals surface area contributed by atoms with Crippen molar-refractivity contribution < 1.29 is 0 Å². The predicted octanol–water partition coefficient (Wildman–Crippen LogP) is 3.16. The molecule has 0 heterocycles. The Labute approximate surface area is 68.9 Å². The van der Waals surface area contributed by atoms with Gasteiger partial charge in [-0.15, -0.1) is 0 Å². The van der Waals surface area contributed by atoms with E-state index in [1.54, 1.807) is 0 Å². The summed E-state index contributed by atoms with van der Waals surface area (Å²) in [5, 5.41) is 0. The summed E-state index contributed by atoms with van der Waals surface area (Å²) < 4.78 is 8.13. The van der Waals surface area contributed by atoms with Crippen LogP contribution in [0.1, 0.15) is 27.7 Å². The van der Waals surface area contributed by atoms with Crippen molar-refractivity contribution in [3.8, 4) is 0 Å². The van der Waals surface area contributed by atoms with Crippen LogP contribution < -0.4 is 0 Å². The molecule has 0 saturated carbocycles. The van der Waals surface area contributed by atoms with Gasteiger partial charge in [-0.25, -0.2) is 0 Å². The van der Waals surface area contributed by atoms with E-state index >= 15 is 0 Å². The van der Waals surface area contributed by atoms with Crippen LogP contribution in [0.15, 0.2) is 0 Å². The van der Waals surface area contributed by atoms with Crippen molar-refractivity contribution in [3.05, 3.63) is 0 Å². The zero-order chi connectivity index (χ0) is 9.07. The molecule has 0 spiro atoms. The number of rotatable bonds is 4. The first-order valence-corrected chi connectivity index (χ1v) is 6.75. The molecule has 10 heavy (non-hydrogen) atoms.